The maximum atomic E-state index is 11.3. The van der Waals surface area contributed by atoms with Crippen molar-refractivity contribution in [2.24, 2.45) is 4.99 Å². The first-order chi connectivity index (χ1) is 15.0. The van der Waals surface area contributed by atoms with Crippen LogP contribution in [-0.2, 0) is 26.3 Å². The summed E-state index contributed by atoms with van der Waals surface area (Å²) in [7, 11) is 11.5. The van der Waals surface area contributed by atoms with E-state index in [1.54, 1.807) is 13.3 Å². The predicted octanol–water partition coefficient (Wildman–Crippen LogP) is 6.71. The molecule has 1 N–H and O–H groups in total. The van der Waals surface area contributed by atoms with E-state index in [9.17, 15) is 5.11 Å². The van der Waals surface area contributed by atoms with Crippen molar-refractivity contribution in [3.8, 4) is 11.5 Å². The molecule has 0 saturated heterocycles. The molecule has 0 bridgehead atoms. The average Bonchev–Trinajstić information content (AvgIpc) is 3.64. The van der Waals surface area contributed by atoms with Crippen LogP contribution in [0.3, 0.4) is 0 Å². The van der Waals surface area contributed by atoms with Gasteiger partial charge in [0.2, 0.25) is 0 Å². The quantitative estimate of drug-likeness (QED) is 0.283. The number of nitrogens with zero attached hydrogens (tertiary/aromatic N) is 1. The monoisotopic (exact) mass is 531 g/mol. The number of rotatable bonds is 6. The van der Waals surface area contributed by atoms with Crippen LogP contribution in [-0.4, -0.2) is 24.5 Å². The summed E-state index contributed by atoms with van der Waals surface area (Å²) in [5, 5.41) is 11.3. The summed E-state index contributed by atoms with van der Waals surface area (Å²) in [5.41, 5.74) is 3.18. The molecule has 0 unspecified atom stereocenters. The molecule has 3 nitrogen and oxygen atoms in total. The van der Waals surface area contributed by atoms with E-state index in [1.165, 1.54) is 0 Å². The first-order valence-corrected chi connectivity index (χ1v) is 16.4. The molecule has 0 aliphatic heterocycles. The van der Waals surface area contributed by atoms with Crippen LogP contribution in [0.15, 0.2) is 77.8 Å². The predicted molar refractivity (Wildman–Crippen MR) is 125 cm³/mol. The average molecular weight is 534 g/mol. The van der Waals surface area contributed by atoms with E-state index in [2.05, 4.69) is 36.2 Å². The maximum absolute atomic E-state index is 11.3. The summed E-state index contributed by atoms with van der Waals surface area (Å²) in [5.74, 6) is 0.962. The molecule has 4 rings (SSSR count). The Morgan fingerprint density at radius 3 is 1.97 bits per heavy atom. The second kappa shape index (κ2) is 11.3. The van der Waals surface area contributed by atoms with Gasteiger partial charge in [-0.3, -0.25) is 4.99 Å². The van der Waals surface area contributed by atoms with Gasteiger partial charge < -0.3 is 9.84 Å². The second-order valence-electron chi connectivity index (χ2n) is 7.55. The van der Waals surface area contributed by atoms with E-state index < -0.39 is 26.3 Å². The molecular formula is C25H25Cl2NO2Zr. The van der Waals surface area contributed by atoms with Gasteiger partial charge in [-0.1, -0.05) is 60.7 Å². The molecular weight excluding hydrogens is 508 g/mol. The fourth-order valence-electron chi connectivity index (χ4n) is 3.66. The van der Waals surface area contributed by atoms with Gasteiger partial charge in [0.1, 0.15) is 11.5 Å². The third-order valence-electron chi connectivity index (χ3n) is 5.56. The molecule has 1 aliphatic rings. The molecule has 3 aromatic carbocycles. The number of methoxy groups -OCH3 is 1. The molecule has 1 aliphatic carbocycles. The summed E-state index contributed by atoms with van der Waals surface area (Å²) in [6.45, 7) is 2.15. The number of hydrogen-bond donors (Lipinski definition) is 1. The summed E-state index contributed by atoms with van der Waals surface area (Å²) in [6.07, 6.45) is 4.04. The number of hydrogen-bond acceptors (Lipinski definition) is 3. The van der Waals surface area contributed by atoms with Crippen molar-refractivity contribution in [3.05, 3.63) is 95.1 Å². The van der Waals surface area contributed by atoms with Crippen LogP contribution in [0.2, 0.25) is 0 Å². The Morgan fingerprint density at radius 2 is 1.52 bits per heavy atom. The van der Waals surface area contributed by atoms with Crippen molar-refractivity contribution >= 4 is 23.2 Å². The van der Waals surface area contributed by atoms with Gasteiger partial charge in [-0.15, -0.1) is 0 Å². The molecule has 1 fully saturated rings. The topological polar surface area (TPSA) is 41.8 Å². The van der Waals surface area contributed by atoms with Crippen LogP contribution in [0.4, 0.5) is 0 Å². The third kappa shape index (κ3) is 5.80. The number of aliphatic imine (C=N–C) groups is 1. The second-order valence-corrected chi connectivity index (χ2v) is 11.3. The Labute approximate surface area is 202 Å². The van der Waals surface area contributed by atoms with Crippen molar-refractivity contribution in [1.29, 1.82) is 0 Å². The summed E-state index contributed by atoms with van der Waals surface area (Å²) in [6, 6.07) is 24.7. The van der Waals surface area contributed by atoms with E-state index >= 15 is 0 Å². The Morgan fingerprint density at radius 1 is 1.00 bits per heavy atom. The van der Waals surface area contributed by atoms with Gasteiger partial charge in [0, 0.05) is 22.8 Å². The zero-order chi connectivity index (χ0) is 22.3. The molecule has 0 heterocycles. The molecule has 0 amide bonds. The Bertz CT molecular complexity index is 969. The molecule has 1 saturated carbocycles. The van der Waals surface area contributed by atoms with Gasteiger partial charge in [-0.05, 0) is 43.0 Å². The molecule has 6 heteroatoms. The van der Waals surface area contributed by atoms with E-state index in [4.69, 9.17) is 21.8 Å². The van der Waals surface area contributed by atoms with Crippen LogP contribution >= 0.6 is 17.0 Å². The Kier molecular flexibility index (Phi) is 8.78. The molecule has 0 atom stereocenters. The van der Waals surface area contributed by atoms with Crippen LogP contribution in [0.1, 0.15) is 42.0 Å². The molecule has 31 heavy (non-hydrogen) atoms. The number of halogens is 2. The number of benzene rings is 3. The van der Waals surface area contributed by atoms with Crippen molar-refractivity contribution in [3.63, 3.8) is 0 Å². The van der Waals surface area contributed by atoms with Crippen molar-refractivity contribution < 1.29 is 30.7 Å². The molecule has 0 aromatic heterocycles. The Balaban J connectivity index is 0.000000858. The van der Waals surface area contributed by atoms with Crippen molar-refractivity contribution in [1.82, 2.24) is 0 Å². The van der Waals surface area contributed by atoms with Gasteiger partial charge in [0.25, 0.3) is 0 Å². The summed E-state index contributed by atoms with van der Waals surface area (Å²) >= 11 is -0.826. The van der Waals surface area contributed by atoms with E-state index in [-0.39, 0.29) is 5.75 Å². The summed E-state index contributed by atoms with van der Waals surface area (Å²) in [4.78, 5) is 4.57. The first kappa shape index (κ1) is 24.0. The zero-order valence-electron chi connectivity index (χ0n) is 17.6. The van der Waals surface area contributed by atoms with Gasteiger partial charge >= 0.3 is 37.9 Å². The Hall–Kier alpha value is -1.61. The zero-order valence-corrected chi connectivity index (χ0v) is 21.5. The number of phenols is 1. The van der Waals surface area contributed by atoms with Crippen molar-refractivity contribution in [2.75, 3.05) is 7.11 Å². The van der Waals surface area contributed by atoms with Crippen LogP contribution < -0.4 is 4.74 Å². The summed E-state index contributed by atoms with van der Waals surface area (Å²) < 4.78 is 5.57. The van der Waals surface area contributed by atoms with Crippen molar-refractivity contribution in [2.45, 2.75) is 31.2 Å². The minimum atomic E-state index is -0.826. The SMILES string of the molecule is COc1cc(C=NC2CC2)c(O)c(C(C)(c2ccccc2)c2ccccc2)c1.[Cl][Zr][Cl]. The van der Waals surface area contributed by atoms with Crippen LogP contribution in [0.5, 0.6) is 11.5 Å². The fraction of sp³-hybridized carbons (Fsp3) is 0.240. The number of aromatic hydroxyl groups is 1. The minimum absolute atomic E-state index is 0.250. The van der Waals surface area contributed by atoms with Gasteiger partial charge in [0.05, 0.1) is 13.2 Å². The standard InChI is InChI=1S/C25H25NO2.2ClH.Zr/c1-25(19-9-5-3-6-10-19,20-11-7-4-8-12-20)23-16-22(28-2)15-18(24(23)27)17-26-21-13-14-21;;;/h3-12,15-17,21,27H,13-14H2,1-2H3;2*1H;/q;;;+2/p-2. The fourth-order valence-corrected chi connectivity index (χ4v) is 3.66. The van der Waals surface area contributed by atoms with Gasteiger partial charge in [-0.25, -0.2) is 0 Å². The van der Waals surface area contributed by atoms with Crippen LogP contribution in [0.25, 0.3) is 0 Å². The number of ether oxygens (including phenoxy) is 1. The van der Waals surface area contributed by atoms with E-state index in [0.717, 1.165) is 29.5 Å². The normalized spacial score (nSPS) is 13.4. The van der Waals surface area contributed by atoms with Gasteiger partial charge in [-0.2, -0.15) is 0 Å². The molecule has 3 aromatic rings. The van der Waals surface area contributed by atoms with Gasteiger partial charge in [0.15, 0.2) is 0 Å². The molecule has 0 radical (unpaired) electrons. The third-order valence-corrected chi connectivity index (χ3v) is 5.56. The van der Waals surface area contributed by atoms with E-state index in [0.29, 0.717) is 17.4 Å². The molecule has 0 spiro atoms. The number of phenolic OH excluding ortho intramolecular Hbond substituents is 1. The first-order valence-electron chi connectivity index (χ1n) is 10.1. The molecule has 160 valence electrons. The van der Waals surface area contributed by atoms with E-state index in [1.807, 2.05) is 48.5 Å². The van der Waals surface area contributed by atoms with Crippen LogP contribution in [0, 0.1) is 0 Å².